The van der Waals surface area contributed by atoms with Crippen LogP contribution in [-0.4, -0.2) is 23.7 Å². The Bertz CT molecular complexity index is 533. The summed E-state index contributed by atoms with van der Waals surface area (Å²) in [5.41, 5.74) is 1.27. The fourth-order valence-electron chi connectivity index (χ4n) is 1.89. The van der Waals surface area contributed by atoms with Gasteiger partial charge in [0.15, 0.2) is 0 Å². The van der Waals surface area contributed by atoms with Gasteiger partial charge in [0.05, 0.1) is 0 Å². The predicted molar refractivity (Wildman–Crippen MR) is 74.7 cm³/mol. The van der Waals surface area contributed by atoms with Gasteiger partial charge in [-0.3, -0.25) is 4.79 Å². The van der Waals surface area contributed by atoms with E-state index in [9.17, 15) is 4.79 Å². The van der Waals surface area contributed by atoms with Crippen LogP contribution in [0.3, 0.4) is 0 Å². The molecule has 2 aromatic carbocycles. The van der Waals surface area contributed by atoms with Crippen molar-refractivity contribution < 1.29 is 4.79 Å². The molecule has 0 radical (unpaired) electrons. The predicted octanol–water partition coefficient (Wildman–Crippen LogP) is 3.36. The molecule has 2 nitrogen and oxygen atoms in total. The first-order chi connectivity index (χ1) is 8.18. The summed E-state index contributed by atoms with van der Waals surface area (Å²) in [4.78, 5) is 12.6. The smallest absolute Gasteiger partial charge is 0.278 e. The summed E-state index contributed by atoms with van der Waals surface area (Å²) in [7, 11) is 1.76. The highest BCUT2D eigenvalue weighted by molar-refractivity contribution is 7.96. The third kappa shape index (κ3) is 2.80. The number of nitrogens with zero attached hydrogens (tertiary/aromatic N) is 1. The second-order valence-electron chi connectivity index (χ2n) is 4.09. The number of amides is 1. The molecule has 0 bridgehead atoms. The van der Waals surface area contributed by atoms with E-state index in [1.807, 2.05) is 12.1 Å². The molecule has 0 N–H and O–H groups in total. The Kier molecular flexibility index (Phi) is 3.69. The summed E-state index contributed by atoms with van der Waals surface area (Å²) >= 11 is 3.80. The Morgan fingerprint density at radius 1 is 1.18 bits per heavy atom. The maximum atomic E-state index is 11.0. The van der Waals surface area contributed by atoms with Crippen molar-refractivity contribution >= 4 is 28.6 Å². The number of carbonyl (C=O) groups is 1. The molecule has 0 spiro atoms. The number of fused-ring (bicyclic) bond motifs is 1. The van der Waals surface area contributed by atoms with E-state index in [1.165, 1.54) is 16.3 Å². The molecule has 3 heteroatoms. The zero-order valence-electron chi connectivity index (χ0n) is 9.76. The Labute approximate surface area is 107 Å². The van der Waals surface area contributed by atoms with Crippen LogP contribution in [0.1, 0.15) is 5.56 Å². The molecule has 0 aromatic heterocycles. The third-order valence-electron chi connectivity index (χ3n) is 2.92. The van der Waals surface area contributed by atoms with E-state index in [1.54, 1.807) is 11.9 Å². The summed E-state index contributed by atoms with van der Waals surface area (Å²) in [6.45, 7) is 0.691. The Hall–Kier alpha value is -1.48. The molecule has 0 unspecified atom stereocenters. The Morgan fingerprint density at radius 2 is 1.88 bits per heavy atom. The lowest BCUT2D eigenvalue weighted by Crippen LogP contribution is -2.23. The molecule has 0 heterocycles. The molecule has 1 amide bonds. The van der Waals surface area contributed by atoms with Crippen LogP contribution in [-0.2, 0) is 6.42 Å². The van der Waals surface area contributed by atoms with Crippen molar-refractivity contribution in [2.24, 2.45) is 0 Å². The van der Waals surface area contributed by atoms with Crippen molar-refractivity contribution in [2.45, 2.75) is 6.42 Å². The van der Waals surface area contributed by atoms with Crippen LogP contribution in [0.15, 0.2) is 42.5 Å². The zero-order valence-corrected chi connectivity index (χ0v) is 10.7. The van der Waals surface area contributed by atoms with Gasteiger partial charge in [-0.25, -0.2) is 0 Å². The normalized spacial score (nSPS) is 10.5. The lowest BCUT2D eigenvalue weighted by atomic mass is 10.0. The minimum Gasteiger partial charge on any atom is -0.337 e. The van der Waals surface area contributed by atoms with Crippen molar-refractivity contribution in [3.63, 3.8) is 0 Å². The van der Waals surface area contributed by atoms with E-state index < -0.39 is 0 Å². The summed E-state index contributed by atoms with van der Waals surface area (Å²) < 4.78 is 0. The zero-order chi connectivity index (χ0) is 12.3. The maximum Gasteiger partial charge on any atom is 0.278 e. The summed E-state index contributed by atoms with van der Waals surface area (Å²) in [6, 6.07) is 14.6. The van der Waals surface area contributed by atoms with Gasteiger partial charge in [0, 0.05) is 13.6 Å². The van der Waals surface area contributed by atoms with Crippen LogP contribution in [0.2, 0.25) is 0 Å². The molecule has 0 atom stereocenters. The molecular formula is C14H15NOS. The van der Waals surface area contributed by atoms with Gasteiger partial charge < -0.3 is 4.90 Å². The summed E-state index contributed by atoms with van der Waals surface area (Å²) in [5.74, 6) is 0. The van der Waals surface area contributed by atoms with Crippen LogP contribution < -0.4 is 0 Å². The lowest BCUT2D eigenvalue weighted by molar-refractivity contribution is 0.234. The first-order valence-corrected chi connectivity index (χ1v) is 6.04. The average Bonchev–Trinajstić information content (AvgIpc) is 2.35. The van der Waals surface area contributed by atoms with Crippen LogP contribution in [0.25, 0.3) is 10.8 Å². The average molecular weight is 245 g/mol. The van der Waals surface area contributed by atoms with Gasteiger partial charge in [0.1, 0.15) is 0 Å². The molecular weight excluding hydrogens is 230 g/mol. The quantitative estimate of drug-likeness (QED) is 0.822. The molecule has 2 aromatic rings. The topological polar surface area (TPSA) is 20.3 Å². The van der Waals surface area contributed by atoms with Gasteiger partial charge >= 0.3 is 0 Å². The first-order valence-electron chi connectivity index (χ1n) is 5.59. The van der Waals surface area contributed by atoms with E-state index in [0.717, 1.165) is 6.42 Å². The number of carbonyl (C=O) groups excluding carboxylic acids is 1. The minimum absolute atomic E-state index is 0.190. The molecule has 88 valence electrons. The molecule has 0 aliphatic carbocycles. The molecule has 0 aliphatic rings. The summed E-state index contributed by atoms with van der Waals surface area (Å²) in [5, 5.41) is 2.31. The van der Waals surface area contributed by atoms with Crippen molar-refractivity contribution in [1.82, 2.24) is 4.90 Å². The van der Waals surface area contributed by atoms with Crippen LogP contribution in [0.4, 0.5) is 4.79 Å². The fourth-order valence-corrected chi connectivity index (χ4v) is 1.99. The molecule has 17 heavy (non-hydrogen) atoms. The molecule has 0 aliphatic heterocycles. The maximum absolute atomic E-state index is 11.0. The van der Waals surface area contributed by atoms with Crippen LogP contribution >= 0.6 is 12.6 Å². The second-order valence-corrected chi connectivity index (χ2v) is 4.47. The van der Waals surface area contributed by atoms with Crippen molar-refractivity contribution in [2.75, 3.05) is 13.6 Å². The number of likely N-dealkylation sites (N-methyl/N-ethyl adjacent to an activating group) is 1. The summed E-state index contributed by atoms with van der Waals surface area (Å²) in [6.07, 6.45) is 0.851. The van der Waals surface area contributed by atoms with Gasteiger partial charge in [-0.05, 0) is 22.8 Å². The molecule has 0 fully saturated rings. The van der Waals surface area contributed by atoms with Crippen LogP contribution in [0.5, 0.6) is 0 Å². The van der Waals surface area contributed by atoms with E-state index in [4.69, 9.17) is 0 Å². The van der Waals surface area contributed by atoms with Gasteiger partial charge in [-0.15, -0.1) is 0 Å². The standard InChI is InChI=1S/C14H15NOS/c1-15(14(16)17)10-9-12-7-4-6-11-5-2-3-8-13(11)12/h2-8H,9-10H2,1H3,(H,16,17). The number of rotatable bonds is 3. The fraction of sp³-hybridized carbons (Fsp3) is 0.214. The second kappa shape index (κ2) is 5.23. The number of hydrogen-bond acceptors (Lipinski definition) is 1. The van der Waals surface area contributed by atoms with Gasteiger partial charge in [0.25, 0.3) is 5.24 Å². The van der Waals surface area contributed by atoms with Crippen molar-refractivity contribution in [3.8, 4) is 0 Å². The minimum atomic E-state index is -0.190. The Morgan fingerprint density at radius 3 is 2.65 bits per heavy atom. The molecule has 2 rings (SSSR count). The molecule has 0 saturated heterocycles. The highest BCUT2D eigenvalue weighted by atomic mass is 32.1. The number of thiol groups is 1. The third-order valence-corrected chi connectivity index (χ3v) is 3.26. The first kappa shape index (κ1) is 12.0. The van der Waals surface area contributed by atoms with Crippen LogP contribution in [0, 0.1) is 0 Å². The lowest BCUT2D eigenvalue weighted by Gasteiger charge is -2.14. The molecule has 0 saturated carbocycles. The van der Waals surface area contributed by atoms with E-state index in [-0.39, 0.29) is 5.24 Å². The highest BCUT2D eigenvalue weighted by Gasteiger charge is 2.05. The van der Waals surface area contributed by atoms with E-state index in [0.29, 0.717) is 6.54 Å². The van der Waals surface area contributed by atoms with Gasteiger partial charge in [-0.2, -0.15) is 0 Å². The Balaban J connectivity index is 2.21. The van der Waals surface area contributed by atoms with Gasteiger partial charge in [0.2, 0.25) is 0 Å². The van der Waals surface area contributed by atoms with Crippen molar-refractivity contribution in [3.05, 3.63) is 48.0 Å². The van der Waals surface area contributed by atoms with Crippen molar-refractivity contribution in [1.29, 1.82) is 0 Å². The monoisotopic (exact) mass is 245 g/mol. The largest absolute Gasteiger partial charge is 0.337 e. The van der Waals surface area contributed by atoms with E-state index >= 15 is 0 Å². The van der Waals surface area contributed by atoms with Gasteiger partial charge in [-0.1, -0.05) is 55.1 Å². The highest BCUT2D eigenvalue weighted by Crippen LogP contribution is 2.19. The number of benzene rings is 2. The number of hydrogen-bond donors (Lipinski definition) is 1. The van der Waals surface area contributed by atoms with E-state index in [2.05, 4.69) is 43.0 Å². The SMILES string of the molecule is CN(CCc1cccc2ccccc12)C(=O)S.